The number of amides is 1. The average molecular weight is 344 g/mol. The minimum absolute atomic E-state index is 0.000998. The highest BCUT2D eigenvalue weighted by atomic mass is 79.9. The molecule has 2 N–H and O–H groups in total. The highest BCUT2D eigenvalue weighted by Gasteiger charge is 2.31. The van der Waals surface area contributed by atoms with E-state index >= 15 is 0 Å². The number of halogens is 1. The number of hydrogen-bond donors (Lipinski definition) is 2. The van der Waals surface area contributed by atoms with E-state index < -0.39 is 5.60 Å². The predicted octanol–water partition coefficient (Wildman–Crippen LogP) is 2.37. The Labute approximate surface area is 126 Å². The lowest BCUT2D eigenvalue weighted by molar-refractivity contribution is -0.122. The van der Waals surface area contributed by atoms with Crippen molar-refractivity contribution in [2.24, 2.45) is 0 Å². The van der Waals surface area contributed by atoms with Crippen LogP contribution in [0.15, 0.2) is 28.7 Å². The molecule has 0 radical (unpaired) electrons. The third-order valence-electron chi connectivity index (χ3n) is 3.28. The van der Waals surface area contributed by atoms with E-state index in [1.54, 1.807) is 11.8 Å². The molecule has 19 heavy (non-hydrogen) atoms. The number of hydrogen-bond acceptors (Lipinski definition) is 3. The van der Waals surface area contributed by atoms with Gasteiger partial charge in [0.05, 0.1) is 5.60 Å². The zero-order valence-electron chi connectivity index (χ0n) is 10.7. The van der Waals surface area contributed by atoms with E-state index in [1.807, 2.05) is 24.3 Å². The maximum atomic E-state index is 11.8. The van der Waals surface area contributed by atoms with Gasteiger partial charge in [0.2, 0.25) is 5.91 Å². The van der Waals surface area contributed by atoms with Crippen LogP contribution >= 0.6 is 27.7 Å². The first-order valence-electron chi connectivity index (χ1n) is 6.39. The minimum Gasteiger partial charge on any atom is -0.387 e. The molecule has 2 rings (SSSR count). The SMILES string of the molecule is O=C(CCc1ccccc1Br)NCC1(O)CCSC1. The Balaban J connectivity index is 1.74. The molecule has 104 valence electrons. The van der Waals surface area contributed by atoms with Crippen LogP contribution in [0.4, 0.5) is 0 Å². The maximum absolute atomic E-state index is 11.8. The summed E-state index contributed by atoms with van der Waals surface area (Å²) in [6, 6.07) is 7.92. The van der Waals surface area contributed by atoms with Crippen molar-refractivity contribution < 1.29 is 9.90 Å². The Bertz CT molecular complexity index is 447. The van der Waals surface area contributed by atoms with Crippen molar-refractivity contribution in [3.05, 3.63) is 34.3 Å². The number of carbonyl (C=O) groups excluding carboxylic acids is 1. The first-order valence-corrected chi connectivity index (χ1v) is 8.34. The summed E-state index contributed by atoms with van der Waals surface area (Å²) in [6.07, 6.45) is 1.93. The molecule has 0 aromatic heterocycles. The van der Waals surface area contributed by atoms with Crippen LogP contribution in [-0.2, 0) is 11.2 Å². The van der Waals surface area contributed by atoms with E-state index in [0.29, 0.717) is 19.4 Å². The molecule has 1 saturated heterocycles. The first kappa shape index (κ1) is 14.9. The van der Waals surface area contributed by atoms with Gasteiger partial charge < -0.3 is 10.4 Å². The largest absolute Gasteiger partial charge is 0.387 e. The molecule has 1 aliphatic heterocycles. The van der Waals surface area contributed by atoms with E-state index in [0.717, 1.165) is 28.0 Å². The lowest BCUT2D eigenvalue weighted by Gasteiger charge is -2.21. The number of aryl methyl sites for hydroxylation is 1. The second kappa shape index (κ2) is 6.77. The molecule has 0 saturated carbocycles. The summed E-state index contributed by atoms with van der Waals surface area (Å²) in [6.45, 7) is 0.370. The van der Waals surface area contributed by atoms with Gasteiger partial charge >= 0.3 is 0 Å². The van der Waals surface area contributed by atoms with Crippen molar-refractivity contribution in [3.8, 4) is 0 Å². The summed E-state index contributed by atoms with van der Waals surface area (Å²) in [4.78, 5) is 11.8. The number of carbonyl (C=O) groups is 1. The molecule has 1 fully saturated rings. The lowest BCUT2D eigenvalue weighted by Crippen LogP contribution is -2.43. The van der Waals surface area contributed by atoms with E-state index in [4.69, 9.17) is 0 Å². The van der Waals surface area contributed by atoms with Gasteiger partial charge in [-0.05, 0) is 30.2 Å². The quantitative estimate of drug-likeness (QED) is 0.862. The number of aliphatic hydroxyl groups is 1. The molecule has 0 bridgehead atoms. The van der Waals surface area contributed by atoms with Crippen molar-refractivity contribution in [3.63, 3.8) is 0 Å². The highest BCUT2D eigenvalue weighted by Crippen LogP contribution is 2.27. The molecule has 0 aliphatic carbocycles. The lowest BCUT2D eigenvalue weighted by atomic mass is 10.0. The topological polar surface area (TPSA) is 49.3 Å². The predicted molar refractivity (Wildman–Crippen MR) is 82.4 cm³/mol. The van der Waals surface area contributed by atoms with E-state index in [-0.39, 0.29) is 5.91 Å². The normalized spacial score (nSPS) is 22.4. The van der Waals surface area contributed by atoms with Gasteiger partial charge in [-0.2, -0.15) is 11.8 Å². The fourth-order valence-electron chi connectivity index (χ4n) is 2.04. The molecule has 5 heteroatoms. The summed E-state index contributed by atoms with van der Waals surface area (Å²) in [7, 11) is 0. The molecule has 1 amide bonds. The van der Waals surface area contributed by atoms with Crippen molar-refractivity contribution >= 4 is 33.6 Å². The van der Waals surface area contributed by atoms with E-state index in [9.17, 15) is 9.90 Å². The molecule has 1 unspecified atom stereocenters. The molecule has 1 aromatic carbocycles. The fraction of sp³-hybridized carbons (Fsp3) is 0.500. The summed E-state index contributed by atoms with van der Waals surface area (Å²) >= 11 is 5.21. The molecule has 3 nitrogen and oxygen atoms in total. The molecular formula is C14H18BrNO2S. The zero-order valence-corrected chi connectivity index (χ0v) is 13.1. The summed E-state index contributed by atoms with van der Waals surface area (Å²) < 4.78 is 1.04. The Morgan fingerprint density at radius 2 is 2.26 bits per heavy atom. The Morgan fingerprint density at radius 3 is 2.95 bits per heavy atom. The third-order valence-corrected chi connectivity index (χ3v) is 5.28. The van der Waals surface area contributed by atoms with Crippen LogP contribution in [0.2, 0.25) is 0 Å². The number of thioether (sulfide) groups is 1. The van der Waals surface area contributed by atoms with Gasteiger partial charge in [-0.25, -0.2) is 0 Å². The van der Waals surface area contributed by atoms with Gasteiger partial charge in [-0.3, -0.25) is 4.79 Å². The smallest absolute Gasteiger partial charge is 0.220 e. The first-order chi connectivity index (χ1) is 9.09. The minimum atomic E-state index is -0.701. The van der Waals surface area contributed by atoms with Crippen LogP contribution in [0.3, 0.4) is 0 Å². The Hall–Kier alpha value is -0.520. The maximum Gasteiger partial charge on any atom is 0.220 e. The molecule has 0 spiro atoms. The number of nitrogens with one attached hydrogen (secondary N) is 1. The van der Waals surface area contributed by atoms with Crippen LogP contribution in [0, 0.1) is 0 Å². The molecular weight excluding hydrogens is 326 g/mol. The number of rotatable bonds is 5. The monoisotopic (exact) mass is 343 g/mol. The van der Waals surface area contributed by atoms with Crippen LogP contribution in [-0.4, -0.2) is 34.7 Å². The Kier molecular flexibility index (Phi) is 5.30. The molecule has 1 atom stereocenters. The van der Waals surface area contributed by atoms with Gasteiger partial charge in [-0.1, -0.05) is 34.1 Å². The second-order valence-electron chi connectivity index (χ2n) is 4.90. The van der Waals surface area contributed by atoms with E-state index in [2.05, 4.69) is 21.2 Å². The van der Waals surface area contributed by atoms with Crippen molar-refractivity contribution in [1.82, 2.24) is 5.32 Å². The number of benzene rings is 1. The average Bonchev–Trinajstić information content (AvgIpc) is 2.83. The zero-order chi connectivity index (χ0) is 13.7. The van der Waals surface area contributed by atoms with Crippen LogP contribution in [0.1, 0.15) is 18.4 Å². The van der Waals surface area contributed by atoms with E-state index in [1.165, 1.54) is 0 Å². The molecule has 1 aromatic rings. The van der Waals surface area contributed by atoms with Crippen molar-refractivity contribution in [2.45, 2.75) is 24.9 Å². The van der Waals surface area contributed by atoms with Gasteiger partial charge in [0, 0.05) is 23.2 Å². The van der Waals surface area contributed by atoms with Gasteiger partial charge in [0.25, 0.3) is 0 Å². The molecule has 1 heterocycles. The Morgan fingerprint density at radius 1 is 1.47 bits per heavy atom. The van der Waals surface area contributed by atoms with Crippen LogP contribution in [0.25, 0.3) is 0 Å². The summed E-state index contributed by atoms with van der Waals surface area (Å²) in [5.74, 6) is 1.70. The fourth-order valence-corrected chi connectivity index (χ4v) is 3.81. The van der Waals surface area contributed by atoms with Crippen LogP contribution < -0.4 is 5.32 Å². The van der Waals surface area contributed by atoms with Crippen molar-refractivity contribution in [2.75, 3.05) is 18.1 Å². The molecule has 1 aliphatic rings. The van der Waals surface area contributed by atoms with Gasteiger partial charge in [0.1, 0.15) is 0 Å². The summed E-state index contributed by atoms with van der Waals surface area (Å²) in [5.41, 5.74) is 0.431. The standard InChI is InChI=1S/C14H18BrNO2S/c15-12-4-2-1-3-11(12)5-6-13(17)16-9-14(18)7-8-19-10-14/h1-4,18H,5-10H2,(H,16,17). The van der Waals surface area contributed by atoms with Crippen molar-refractivity contribution in [1.29, 1.82) is 0 Å². The second-order valence-corrected chi connectivity index (χ2v) is 6.85. The van der Waals surface area contributed by atoms with Gasteiger partial charge in [-0.15, -0.1) is 0 Å². The van der Waals surface area contributed by atoms with Gasteiger partial charge in [0.15, 0.2) is 0 Å². The summed E-state index contributed by atoms with van der Waals surface area (Å²) in [5, 5.41) is 13.0. The third kappa shape index (κ3) is 4.51. The highest BCUT2D eigenvalue weighted by molar-refractivity contribution is 9.10. The van der Waals surface area contributed by atoms with Crippen LogP contribution in [0.5, 0.6) is 0 Å².